The second kappa shape index (κ2) is 6.57. The summed E-state index contributed by atoms with van der Waals surface area (Å²) in [5.74, 6) is 0.213. The van der Waals surface area contributed by atoms with Gasteiger partial charge in [-0.3, -0.25) is 0 Å². The maximum Gasteiger partial charge on any atom is 0.417 e. The first kappa shape index (κ1) is 18.1. The number of nitrogens with zero attached hydrogens (tertiary/aromatic N) is 4. The van der Waals surface area contributed by atoms with E-state index in [1.807, 2.05) is 0 Å². The number of tetrazole rings is 1. The Morgan fingerprint density at radius 3 is 2.54 bits per heavy atom. The SMILES string of the molecule is O=S(=O)([N-]c1cccc(-c2nn[nH]n2)c1)c1ccc(Cl)c(C(F)(F)F)c1. The van der Waals surface area contributed by atoms with Crippen LogP contribution in [0.5, 0.6) is 0 Å². The highest BCUT2D eigenvalue weighted by Crippen LogP contribution is 2.38. The van der Waals surface area contributed by atoms with E-state index in [9.17, 15) is 21.6 Å². The molecule has 0 unspecified atom stereocenters. The van der Waals surface area contributed by atoms with Gasteiger partial charge in [-0.15, -0.1) is 15.9 Å². The summed E-state index contributed by atoms with van der Waals surface area (Å²) in [6.07, 6.45) is -4.79. The third-order valence-corrected chi connectivity index (χ3v) is 4.85. The molecule has 1 N–H and O–H groups in total. The third-order valence-electron chi connectivity index (χ3n) is 3.22. The maximum absolute atomic E-state index is 12.9. The summed E-state index contributed by atoms with van der Waals surface area (Å²) < 4.78 is 67.0. The molecule has 0 aliphatic heterocycles. The van der Waals surface area contributed by atoms with E-state index < -0.39 is 31.7 Å². The van der Waals surface area contributed by atoms with Gasteiger partial charge in [-0.05, 0) is 23.4 Å². The minimum Gasteiger partial charge on any atom is -0.573 e. The molecule has 2 aromatic carbocycles. The van der Waals surface area contributed by atoms with E-state index in [2.05, 4.69) is 25.3 Å². The molecule has 3 rings (SSSR count). The van der Waals surface area contributed by atoms with Crippen LogP contribution >= 0.6 is 11.6 Å². The average molecular weight is 403 g/mol. The summed E-state index contributed by atoms with van der Waals surface area (Å²) in [5, 5.41) is 12.5. The monoisotopic (exact) mass is 402 g/mol. The van der Waals surface area contributed by atoms with Crippen LogP contribution in [0.4, 0.5) is 18.9 Å². The second-order valence-corrected chi connectivity index (χ2v) is 7.00. The Morgan fingerprint density at radius 2 is 1.88 bits per heavy atom. The first-order valence-electron chi connectivity index (χ1n) is 6.85. The number of benzene rings is 2. The number of nitrogens with one attached hydrogen (secondary N) is 1. The first-order valence-corrected chi connectivity index (χ1v) is 8.67. The second-order valence-electron chi connectivity index (χ2n) is 4.99. The largest absolute Gasteiger partial charge is 0.573 e. The lowest BCUT2D eigenvalue weighted by atomic mass is 10.2. The molecule has 12 heteroatoms. The standard InChI is InChI=1S/C14H8ClF3N5O2S/c15-12-5-4-10(7-11(12)14(16,17)18)26(24,25)21-9-3-1-2-8(6-9)13-19-22-23-20-13/h1-7H,(H,19,20,22,23)/q-1. The Balaban J connectivity index is 1.94. The maximum atomic E-state index is 12.9. The van der Waals surface area contributed by atoms with Gasteiger partial charge in [0, 0.05) is 5.56 Å². The lowest BCUT2D eigenvalue weighted by Crippen LogP contribution is -2.08. The van der Waals surface area contributed by atoms with Crippen LogP contribution < -0.4 is 0 Å². The van der Waals surface area contributed by atoms with Crippen molar-refractivity contribution in [3.63, 3.8) is 0 Å². The van der Waals surface area contributed by atoms with E-state index in [1.54, 1.807) is 6.07 Å². The lowest BCUT2D eigenvalue weighted by molar-refractivity contribution is -0.137. The first-order chi connectivity index (χ1) is 12.2. The Kier molecular flexibility index (Phi) is 4.59. The van der Waals surface area contributed by atoms with Gasteiger partial charge in [0.1, 0.15) is 10.0 Å². The van der Waals surface area contributed by atoms with E-state index in [0.29, 0.717) is 11.6 Å². The van der Waals surface area contributed by atoms with Crippen LogP contribution in [0.15, 0.2) is 47.4 Å². The van der Waals surface area contributed by atoms with Gasteiger partial charge in [-0.25, -0.2) is 8.42 Å². The Hall–Kier alpha value is -2.66. The molecule has 1 heterocycles. The van der Waals surface area contributed by atoms with E-state index >= 15 is 0 Å². The molecule has 0 spiro atoms. The summed E-state index contributed by atoms with van der Waals surface area (Å²) in [6.45, 7) is 0. The van der Waals surface area contributed by atoms with Gasteiger partial charge in [0.15, 0.2) is 0 Å². The fourth-order valence-corrected chi connectivity index (χ4v) is 3.29. The molecule has 7 nitrogen and oxygen atoms in total. The number of halogens is 4. The van der Waals surface area contributed by atoms with Crippen LogP contribution in [-0.4, -0.2) is 29.0 Å². The molecule has 0 radical (unpaired) electrons. The number of hydrogen-bond acceptors (Lipinski definition) is 5. The molecule has 136 valence electrons. The van der Waals surface area contributed by atoms with Gasteiger partial charge in [0.05, 0.1) is 15.5 Å². The normalized spacial score (nSPS) is 12.2. The van der Waals surface area contributed by atoms with Crippen molar-refractivity contribution in [3.05, 3.63) is 57.8 Å². The number of H-pyrrole nitrogens is 1. The van der Waals surface area contributed by atoms with Gasteiger partial charge in [-0.1, -0.05) is 35.9 Å². The summed E-state index contributed by atoms with van der Waals surface area (Å²) in [4.78, 5) is -0.626. The minimum atomic E-state index is -4.79. The fraction of sp³-hybridized carbons (Fsp3) is 0.0714. The van der Waals surface area contributed by atoms with Crippen LogP contribution in [0.25, 0.3) is 16.1 Å². The van der Waals surface area contributed by atoms with Gasteiger partial charge in [-0.2, -0.15) is 18.4 Å². The molecule has 1 aromatic heterocycles. The summed E-state index contributed by atoms with van der Waals surface area (Å²) >= 11 is 5.50. The molecule has 3 aromatic rings. The van der Waals surface area contributed by atoms with Crippen LogP contribution in [0.2, 0.25) is 5.02 Å². The van der Waals surface area contributed by atoms with Crippen LogP contribution in [0, 0.1) is 0 Å². The highest BCUT2D eigenvalue weighted by atomic mass is 35.5. The predicted molar refractivity (Wildman–Crippen MR) is 86.3 cm³/mol. The van der Waals surface area contributed by atoms with Crippen LogP contribution in [0.3, 0.4) is 0 Å². The minimum absolute atomic E-state index is 0.00388. The van der Waals surface area contributed by atoms with Gasteiger partial charge in [0.25, 0.3) is 0 Å². The number of rotatable bonds is 4. The zero-order valence-corrected chi connectivity index (χ0v) is 14.1. The van der Waals surface area contributed by atoms with Crippen molar-refractivity contribution in [3.8, 4) is 11.4 Å². The number of aromatic nitrogens is 4. The Bertz CT molecular complexity index is 1040. The molecule has 0 atom stereocenters. The molecular formula is C14H8ClF3N5O2S-. The molecule has 0 saturated heterocycles. The van der Waals surface area contributed by atoms with Crippen molar-refractivity contribution in [2.24, 2.45) is 0 Å². The third kappa shape index (κ3) is 3.78. The summed E-state index contributed by atoms with van der Waals surface area (Å²) in [6, 6.07) is 8.11. The van der Waals surface area contributed by atoms with E-state index in [0.717, 1.165) is 12.1 Å². The molecule has 0 amide bonds. The lowest BCUT2D eigenvalue weighted by Gasteiger charge is -2.23. The Morgan fingerprint density at radius 1 is 1.12 bits per heavy atom. The van der Waals surface area contributed by atoms with Gasteiger partial charge >= 0.3 is 6.18 Å². The smallest absolute Gasteiger partial charge is 0.417 e. The number of sulfonamides is 1. The van der Waals surface area contributed by atoms with E-state index in [4.69, 9.17) is 11.6 Å². The molecule has 0 aliphatic rings. The zero-order valence-electron chi connectivity index (χ0n) is 12.6. The number of alkyl halides is 3. The highest BCUT2D eigenvalue weighted by molar-refractivity contribution is 7.94. The van der Waals surface area contributed by atoms with E-state index in [-0.39, 0.29) is 11.5 Å². The molecule has 0 bridgehead atoms. The van der Waals surface area contributed by atoms with Gasteiger partial charge < -0.3 is 4.72 Å². The van der Waals surface area contributed by atoms with Crippen molar-refractivity contribution in [2.75, 3.05) is 0 Å². The number of hydrogen-bond donors (Lipinski definition) is 1. The van der Waals surface area contributed by atoms with E-state index in [1.165, 1.54) is 18.2 Å². The van der Waals surface area contributed by atoms with Crippen LogP contribution in [-0.2, 0) is 16.2 Å². The van der Waals surface area contributed by atoms with Crippen molar-refractivity contribution < 1.29 is 21.6 Å². The molecule has 0 aliphatic carbocycles. The quantitative estimate of drug-likeness (QED) is 0.712. The molecule has 0 fully saturated rings. The highest BCUT2D eigenvalue weighted by Gasteiger charge is 2.33. The zero-order chi connectivity index (χ0) is 18.9. The topological polar surface area (TPSA) is 103 Å². The summed E-state index contributed by atoms with van der Waals surface area (Å²) in [7, 11) is -4.40. The molecule has 26 heavy (non-hydrogen) atoms. The van der Waals surface area contributed by atoms with Crippen molar-refractivity contribution in [1.29, 1.82) is 0 Å². The van der Waals surface area contributed by atoms with Crippen molar-refractivity contribution in [1.82, 2.24) is 20.6 Å². The fourth-order valence-electron chi connectivity index (χ4n) is 2.06. The summed E-state index contributed by atoms with van der Waals surface area (Å²) in [5.41, 5.74) is -0.825. The Labute approximate surface area is 150 Å². The van der Waals surface area contributed by atoms with Crippen molar-refractivity contribution in [2.45, 2.75) is 11.1 Å². The predicted octanol–water partition coefficient (Wildman–Crippen LogP) is 3.93. The average Bonchev–Trinajstić information content (AvgIpc) is 3.08. The van der Waals surface area contributed by atoms with Crippen LogP contribution in [0.1, 0.15) is 5.56 Å². The van der Waals surface area contributed by atoms with Crippen molar-refractivity contribution >= 4 is 27.3 Å². The molecule has 0 saturated carbocycles. The van der Waals surface area contributed by atoms with Gasteiger partial charge in [0.2, 0.25) is 5.82 Å². The molecular weight excluding hydrogens is 395 g/mol. The number of aromatic amines is 1.